The van der Waals surface area contributed by atoms with Gasteiger partial charge in [-0.15, -0.1) is 0 Å². The molecular formula is C13H11O5-. The Labute approximate surface area is 104 Å². The lowest BCUT2D eigenvalue weighted by Crippen LogP contribution is -2.21. The highest BCUT2D eigenvalue weighted by Crippen LogP contribution is 2.20. The maximum absolute atomic E-state index is 10.5. The fourth-order valence-corrected chi connectivity index (χ4v) is 1.41. The predicted molar refractivity (Wildman–Crippen MR) is 60.4 cm³/mol. The molecule has 0 radical (unpaired) electrons. The second-order valence-corrected chi connectivity index (χ2v) is 3.52. The Bertz CT molecular complexity index is 544. The molecule has 0 aliphatic heterocycles. The lowest BCUT2D eigenvalue weighted by Gasteiger charge is -2.06. The summed E-state index contributed by atoms with van der Waals surface area (Å²) >= 11 is 0. The minimum Gasteiger partial charge on any atom is -0.542 e. The van der Waals surface area contributed by atoms with Crippen LogP contribution in [0.4, 0.5) is 0 Å². The summed E-state index contributed by atoms with van der Waals surface area (Å²) < 4.78 is 15.5. The van der Waals surface area contributed by atoms with Crippen molar-refractivity contribution in [2.45, 2.75) is 6.61 Å². The van der Waals surface area contributed by atoms with Gasteiger partial charge in [0.15, 0.2) is 0 Å². The average Bonchev–Trinajstić information content (AvgIpc) is 2.85. The highest BCUT2D eigenvalue weighted by atomic mass is 16.5. The van der Waals surface area contributed by atoms with Gasteiger partial charge in [0.05, 0.1) is 7.11 Å². The van der Waals surface area contributed by atoms with E-state index in [0.29, 0.717) is 17.3 Å². The standard InChI is InChI=1S/C13H12O5/c1-16-9-3-2-4-10(7-9)17-8-11-5-6-12(18-11)13(14)15/h2-7H,8H2,1H3,(H,14,15)/p-1. The molecule has 2 rings (SSSR count). The number of ether oxygens (including phenoxy) is 2. The molecule has 0 aliphatic rings. The van der Waals surface area contributed by atoms with Crippen molar-refractivity contribution in [1.82, 2.24) is 0 Å². The lowest BCUT2D eigenvalue weighted by molar-refractivity contribution is -0.257. The molecule has 0 fully saturated rings. The van der Waals surface area contributed by atoms with Gasteiger partial charge in [0.2, 0.25) is 0 Å². The molecule has 94 valence electrons. The minimum absolute atomic E-state index is 0.139. The molecular weight excluding hydrogens is 236 g/mol. The highest BCUT2D eigenvalue weighted by Gasteiger charge is 2.04. The second kappa shape index (κ2) is 5.27. The first-order chi connectivity index (χ1) is 8.69. The van der Waals surface area contributed by atoms with Crippen molar-refractivity contribution in [2.24, 2.45) is 0 Å². The Morgan fingerprint density at radius 3 is 2.72 bits per heavy atom. The first-order valence-electron chi connectivity index (χ1n) is 5.26. The van der Waals surface area contributed by atoms with Gasteiger partial charge >= 0.3 is 0 Å². The molecule has 0 aliphatic carbocycles. The van der Waals surface area contributed by atoms with Gasteiger partial charge in [0.1, 0.15) is 35.6 Å². The minimum atomic E-state index is -1.34. The Kier molecular flexibility index (Phi) is 3.52. The number of carbonyl (C=O) groups is 1. The van der Waals surface area contributed by atoms with Crippen molar-refractivity contribution >= 4 is 5.97 Å². The molecule has 0 amide bonds. The molecule has 0 N–H and O–H groups in total. The van der Waals surface area contributed by atoms with Crippen LogP contribution in [0.15, 0.2) is 40.8 Å². The first-order valence-corrected chi connectivity index (χ1v) is 5.26. The van der Waals surface area contributed by atoms with Gasteiger partial charge in [-0.25, -0.2) is 0 Å². The van der Waals surface area contributed by atoms with Gasteiger partial charge in [0, 0.05) is 6.07 Å². The largest absolute Gasteiger partial charge is 0.542 e. The maximum Gasteiger partial charge on any atom is 0.149 e. The zero-order valence-corrected chi connectivity index (χ0v) is 9.71. The summed E-state index contributed by atoms with van der Waals surface area (Å²) in [6.07, 6.45) is 0. The molecule has 5 heteroatoms. The van der Waals surface area contributed by atoms with Crippen LogP contribution in [0, 0.1) is 0 Å². The molecule has 0 atom stereocenters. The summed E-state index contributed by atoms with van der Waals surface area (Å²) in [6, 6.07) is 9.95. The number of carboxylic acid groups (broad SMARTS) is 1. The van der Waals surface area contributed by atoms with Crippen molar-refractivity contribution in [1.29, 1.82) is 0 Å². The smallest absolute Gasteiger partial charge is 0.149 e. The van der Waals surface area contributed by atoms with E-state index in [0.717, 1.165) is 0 Å². The number of benzene rings is 1. The van der Waals surface area contributed by atoms with Gasteiger partial charge in [-0.3, -0.25) is 0 Å². The van der Waals surface area contributed by atoms with Crippen LogP contribution in [-0.4, -0.2) is 13.1 Å². The summed E-state index contributed by atoms with van der Waals surface area (Å²) in [5.41, 5.74) is 0. The SMILES string of the molecule is COc1cccc(OCc2ccc(C(=O)[O-])o2)c1. The zero-order chi connectivity index (χ0) is 13.0. The molecule has 1 aromatic carbocycles. The number of methoxy groups -OCH3 is 1. The highest BCUT2D eigenvalue weighted by molar-refractivity contribution is 5.82. The van der Waals surface area contributed by atoms with Crippen LogP contribution in [0.2, 0.25) is 0 Å². The molecule has 2 aromatic rings. The third-order valence-electron chi connectivity index (χ3n) is 2.29. The first kappa shape index (κ1) is 12.0. The number of hydrogen-bond acceptors (Lipinski definition) is 5. The molecule has 5 nitrogen and oxygen atoms in total. The van der Waals surface area contributed by atoms with E-state index in [1.54, 1.807) is 31.4 Å². The number of carboxylic acids is 1. The van der Waals surface area contributed by atoms with E-state index in [-0.39, 0.29) is 12.4 Å². The van der Waals surface area contributed by atoms with Crippen LogP contribution in [0.5, 0.6) is 11.5 Å². The molecule has 18 heavy (non-hydrogen) atoms. The van der Waals surface area contributed by atoms with Crippen LogP contribution in [0.3, 0.4) is 0 Å². The summed E-state index contributed by atoms with van der Waals surface area (Å²) in [6.45, 7) is 0.139. The molecule has 0 bridgehead atoms. The van der Waals surface area contributed by atoms with E-state index in [2.05, 4.69) is 0 Å². The van der Waals surface area contributed by atoms with Gasteiger partial charge in [-0.2, -0.15) is 0 Å². The Hall–Kier alpha value is -2.43. The Morgan fingerprint density at radius 2 is 2.06 bits per heavy atom. The maximum atomic E-state index is 10.5. The molecule has 0 saturated carbocycles. The van der Waals surface area contributed by atoms with Crippen LogP contribution in [0.1, 0.15) is 16.3 Å². The van der Waals surface area contributed by atoms with E-state index in [1.165, 1.54) is 12.1 Å². The summed E-state index contributed by atoms with van der Waals surface area (Å²) in [5, 5.41) is 10.5. The number of furan rings is 1. The third-order valence-corrected chi connectivity index (χ3v) is 2.29. The zero-order valence-electron chi connectivity index (χ0n) is 9.71. The lowest BCUT2D eigenvalue weighted by atomic mass is 10.3. The van der Waals surface area contributed by atoms with Gasteiger partial charge in [-0.05, 0) is 24.3 Å². The fourth-order valence-electron chi connectivity index (χ4n) is 1.41. The number of rotatable bonds is 5. The normalized spacial score (nSPS) is 10.1. The van der Waals surface area contributed by atoms with Crippen molar-refractivity contribution in [3.63, 3.8) is 0 Å². The van der Waals surface area contributed by atoms with Crippen molar-refractivity contribution in [3.8, 4) is 11.5 Å². The van der Waals surface area contributed by atoms with Crippen molar-refractivity contribution in [3.05, 3.63) is 47.9 Å². The molecule has 0 spiro atoms. The topological polar surface area (TPSA) is 71.7 Å². The Balaban J connectivity index is 1.99. The van der Waals surface area contributed by atoms with Crippen LogP contribution in [-0.2, 0) is 6.61 Å². The van der Waals surface area contributed by atoms with E-state index < -0.39 is 5.97 Å². The number of aromatic carboxylic acids is 1. The molecule has 1 heterocycles. The van der Waals surface area contributed by atoms with Gasteiger partial charge < -0.3 is 23.8 Å². The molecule has 0 unspecified atom stereocenters. The average molecular weight is 247 g/mol. The van der Waals surface area contributed by atoms with Gasteiger partial charge in [0.25, 0.3) is 0 Å². The number of hydrogen-bond donors (Lipinski definition) is 0. The second-order valence-electron chi connectivity index (χ2n) is 3.52. The van der Waals surface area contributed by atoms with Crippen LogP contribution < -0.4 is 14.6 Å². The molecule has 0 saturated heterocycles. The monoisotopic (exact) mass is 247 g/mol. The summed E-state index contributed by atoms with van der Waals surface area (Å²) in [7, 11) is 1.57. The quantitative estimate of drug-likeness (QED) is 0.794. The fraction of sp³-hybridized carbons (Fsp3) is 0.154. The Morgan fingerprint density at radius 1 is 1.28 bits per heavy atom. The van der Waals surface area contributed by atoms with E-state index in [4.69, 9.17) is 13.9 Å². The molecule has 1 aromatic heterocycles. The summed E-state index contributed by atoms with van der Waals surface area (Å²) in [5.74, 6) is 0.155. The third kappa shape index (κ3) is 2.82. The van der Waals surface area contributed by atoms with E-state index >= 15 is 0 Å². The predicted octanol–water partition coefficient (Wildman–Crippen LogP) is 1.23. The number of carbonyl (C=O) groups excluding carboxylic acids is 1. The van der Waals surface area contributed by atoms with Crippen molar-refractivity contribution < 1.29 is 23.8 Å². The van der Waals surface area contributed by atoms with Crippen LogP contribution in [0.25, 0.3) is 0 Å². The van der Waals surface area contributed by atoms with E-state index in [1.807, 2.05) is 0 Å². The van der Waals surface area contributed by atoms with E-state index in [9.17, 15) is 9.90 Å². The van der Waals surface area contributed by atoms with Gasteiger partial charge in [-0.1, -0.05) is 6.07 Å². The van der Waals surface area contributed by atoms with Crippen molar-refractivity contribution in [2.75, 3.05) is 7.11 Å². The summed E-state index contributed by atoms with van der Waals surface area (Å²) in [4.78, 5) is 10.5. The van der Waals surface area contributed by atoms with Crippen LogP contribution >= 0.6 is 0 Å².